The number of rotatable bonds is 7. The van der Waals surface area contributed by atoms with Crippen LogP contribution >= 0.6 is 0 Å². The number of anilines is 2. The summed E-state index contributed by atoms with van der Waals surface area (Å²) in [6.07, 6.45) is 9.33. The van der Waals surface area contributed by atoms with Crippen molar-refractivity contribution in [3.8, 4) is 0 Å². The number of ether oxygens (including phenoxy) is 1. The molecule has 0 saturated carbocycles. The Kier molecular flexibility index (Phi) is 8.21. The number of carbonyl (C=O) groups excluding carboxylic acids is 1. The van der Waals surface area contributed by atoms with E-state index in [9.17, 15) is 4.79 Å². The Balaban J connectivity index is 1.93. The number of aliphatic imine (C=N–C) groups is 1. The Bertz CT molecular complexity index is 896. The maximum absolute atomic E-state index is 12.1. The Hall–Kier alpha value is -2.94. The lowest BCUT2D eigenvalue weighted by Gasteiger charge is -2.39. The van der Waals surface area contributed by atoms with Crippen molar-refractivity contribution in [3.63, 3.8) is 0 Å². The lowest BCUT2D eigenvalue weighted by Crippen LogP contribution is -2.55. The summed E-state index contributed by atoms with van der Waals surface area (Å²) in [5.74, 6) is 1.18. The molecular formula is C23H35N7O2. The third-order valence-corrected chi connectivity index (χ3v) is 5.89. The van der Waals surface area contributed by atoms with Crippen molar-refractivity contribution in [2.75, 3.05) is 37.0 Å². The highest BCUT2D eigenvalue weighted by atomic mass is 16.5. The average Bonchev–Trinajstić information content (AvgIpc) is 2.80. The van der Waals surface area contributed by atoms with Gasteiger partial charge in [-0.05, 0) is 45.6 Å². The van der Waals surface area contributed by atoms with Crippen LogP contribution in [-0.4, -0.2) is 61.0 Å². The molecule has 2 aliphatic rings. The first kappa shape index (κ1) is 23.7. The van der Waals surface area contributed by atoms with Gasteiger partial charge in [0.25, 0.3) is 0 Å². The van der Waals surface area contributed by atoms with E-state index in [1.165, 1.54) is 11.8 Å². The first-order chi connectivity index (χ1) is 15.5. The summed E-state index contributed by atoms with van der Waals surface area (Å²) >= 11 is 0. The second-order valence-electron chi connectivity index (χ2n) is 8.33. The van der Waals surface area contributed by atoms with Gasteiger partial charge < -0.3 is 26.0 Å². The molecule has 0 aromatic carbocycles. The number of piperazine rings is 1. The molecule has 0 radical (unpaired) electrons. The summed E-state index contributed by atoms with van der Waals surface area (Å²) < 4.78 is 5.21. The summed E-state index contributed by atoms with van der Waals surface area (Å²) in [5, 5.41) is 6.67. The molecule has 1 saturated heterocycles. The standard InChI is InChI=1S/C23H35N7O2/c1-5-32-22(31)18-8-6-17(7-9-18)20-13-27-23(28-19(10-24)12-25-4)29-21(20)30-14-15(2)26-11-16(30)3/h6,10,12-13,15-16,18,26H,5,7-9,11,14,24H2,1-4H3,(H,27,28,29)/t15-,16+,18?/m1/s1. The number of nitrogens with one attached hydrogen (secondary N) is 2. The highest BCUT2D eigenvalue weighted by Gasteiger charge is 2.29. The molecule has 4 N–H and O–H groups in total. The predicted octanol–water partition coefficient (Wildman–Crippen LogP) is 2.32. The Morgan fingerprint density at radius 3 is 2.94 bits per heavy atom. The van der Waals surface area contributed by atoms with Crippen molar-refractivity contribution < 1.29 is 9.53 Å². The van der Waals surface area contributed by atoms with Crippen molar-refractivity contribution in [3.05, 3.63) is 29.7 Å². The Morgan fingerprint density at radius 1 is 1.47 bits per heavy atom. The largest absolute Gasteiger partial charge is 0.466 e. The number of nitrogens with zero attached hydrogens (tertiary/aromatic N) is 4. The summed E-state index contributed by atoms with van der Waals surface area (Å²) in [6.45, 7) is 8.36. The second kappa shape index (κ2) is 11.1. The van der Waals surface area contributed by atoms with Gasteiger partial charge in [0.05, 0.1) is 18.2 Å². The fraction of sp³-hybridized carbons (Fsp3) is 0.565. The highest BCUT2D eigenvalue weighted by Crippen LogP contribution is 2.36. The summed E-state index contributed by atoms with van der Waals surface area (Å²) in [7, 11) is 1.68. The minimum atomic E-state index is -0.109. The van der Waals surface area contributed by atoms with Crippen LogP contribution < -0.4 is 21.3 Å². The number of hydrogen-bond acceptors (Lipinski definition) is 9. The van der Waals surface area contributed by atoms with Gasteiger partial charge in [0.1, 0.15) is 5.82 Å². The minimum Gasteiger partial charge on any atom is -0.466 e. The Labute approximate surface area is 190 Å². The number of esters is 1. The number of nitrogens with two attached hydrogens (primary N) is 1. The maximum atomic E-state index is 12.1. The topological polar surface area (TPSA) is 118 Å². The van der Waals surface area contributed by atoms with Crippen LogP contribution in [0, 0.1) is 5.92 Å². The van der Waals surface area contributed by atoms with Gasteiger partial charge in [-0.2, -0.15) is 4.98 Å². The molecule has 9 heteroatoms. The van der Waals surface area contributed by atoms with Gasteiger partial charge in [-0.1, -0.05) is 6.08 Å². The zero-order chi connectivity index (χ0) is 23.1. The third-order valence-electron chi connectivity index (χ3n) is 5.89. The van der Waals surface area contributed by atoms with Crippen molar-refractivity contribution in [2.24, 2.45) is 16.6 Å². The first-order valence-electron chi connectivity index (χ1n) is 11.3. The van der Waals surface area contributed by atoms with Crippen molar-refractivity contribution >= 4 is 29.5 Å². The van der Waals surface area contributed by atoms with Crippen LogP contribution in [0.25, 0.3) is 5.57 Å². The molecule has 1 aromatic rings. The number of carbonyl (C=O) groups is 1. The van der Waals surface area contributed by atoms with Gasteiger partial charge in [-0.25, -0.2) is 4.98 Å². The van der Waals surface area contributed by atoms with E-state index in [4.69, 9.17) is 15.5 Å². The number of allylic oxidation sites excluding steroid dienone is 3. The molecule has 1 aliphatic heterocycles. The molecule has 1 unspecified atom stereocenters. The Morgan fingerprint density at radius 2 is 2.28 bits per heavy atom. The predicted molar refractivity (Wildman–Crippen MR) is 129 cm³/mol. The average molecular weight is 442 g/mol. The van der Waals surface area contributed by atoms with Gasteiger partial charge in [0.2, 0.25) is 5.95 Å². The lowest BCUT2D eigenvalue weighted by atomic mass is 9.87. The van der Waals surface area contributed by atoms with E-state index < -0.39 is 0 Å². The smallest absolute Gasteiger partial charge is 0.309 e. The lowest BCUT2D eigenvalue weighted by molar-refractivity contribution is -0.148. The molecule has 0 amide bonds. The molecule has 32 heavy (non-hydrogen) atoms. The fourth-order valence-corrected chi connectivity index (χ4v) is 4.13. The molecule has 1 fully saturated rings. The summed E-state index contributed by atoms with van der Waals surface area (Å²) in [6, 6.07) is 0.636. The van der Waals surface area contributed by atoms with E-state index in [-0.39, 0.29) is 17.9 Å². The molecule has 3 rings (SSSR count). The highest BCUT2D eigenvalue weighted by molar-refractivity contribution is 5.83. The van der Waals surface area contributed by atoms with Crippen LogP contribution in [0.3, 0.4) is 0 Å². The molecule has 1 aliphatic carbocycles. The molecule has 3 atom stereocenters. The van der Waals surface area contributed by atoms with Crippen LogP contribution in [0.2, 0.25) is 0 Å². The molecule has 9 nitrogen and oxygen atoms in total. The van der Waals surface area contributed by atoms with Crippen molar-refractivity contribution in [1.29, 1.82) is 0 Å². The summed E-state index contributed by atoms with van der Waals surface area (Å²) in [4.78, 5) is 27.9. The third kappa shape index (κ3) is 5.64. The first-order valence-corrected chi connectivity index (χ1v) is 11.3. The molecule has 0 bridgehead atoms. The van der Waals surface area contributed by atoms with Crippen LogP contribution in [0.4, 0.5) is 11.8 Å². The van der Waals surface area contributed by atoms with E-state index in [0.717, 1.165) is 37.3 Å². The van der Waals surface area contributed by atoms with Crippen LogP contribution in [-0.2, 0) is 9.53 Å². The normalized spacial score (nSPS) is 24.4. The van der Waals surface area contributed by atoms with Gasteiger partial charge in [0, 0.05) is 56.4 Å². The van der Waals surface area contributed by atoms with Gasteiger partial charge in [-0.15, -0.1) is 0 Å². The van der Waals surface area contributed by atoms with E-state index in [1.54, 1.807) is 13.3 Å². The van der Waals surface area contributed by atoms with E-state index in [1.807, 2.05) is 13.1 Å². The monoisotopic (exact) mass is 441 g/mol. The zero-order valence-corrected chi connectivity index (χ0v) is 19.5. The van der Waals surface area contributed by atoms with Gasteiger partial charge >= 0.3 is 5.97 Å². The molecule has 174 valence electrons. The number of hydrogen-bond donors (Lipinski definition) is 3. The maximum Gasteiger partial charge on any atom is 0.309 e. The van der Waals surface area contributed by atoms with Crippen molar-refractivity contribution in [1.82, 2.24) is 15.3 Å². The van der Waals surface area contributed by atoms with Gasteiger partial charge in [-0.3, -0.25) is 9.79 Å². The van der Waals surface area contributed by atoms with Crippen LogP contribution in [0.1, 0.15) is 45.6 Å². The molecule has 2 heterocycles. The SMILES string of the molecule is CCOC(=O)C1CC=C(c2cnc(NC(C=NC)=CN)nc2N2C[C@@H](C)NC[C@@H]2C)CC1. The number of aromatic nitrogens is 2. The van der Waals surface area contributed by atoms with Crippen LogP contribution in [0.5, 0.6) is 0 Å². The fourth-order valence-electron chi connectivity index (χ4n) is 4.13. The van der Waals surface area contributed by atoms with Crippen LogP contribution in [0.15, 0.2) is 29.2 Å². The summed E-state index contributed by atoms with van der Waals surface area (Å²) in [5.41, 5.74) is 8.51. The van der Waals surface area contributed by atoms with Gasteiger partial charge in [0.15, 0.2) is 0 Å². The van der Waals surface area contributed by atoms with E-state index in [0.29, 0.717) is 30.7 Å². The molecular weight excluding hydrogens is 406 g/mol. The second-order valence-corrected chi connectivity index (χ2v) is 8.33. The zero-order valence-electron chi connectivity index (χ0n) is 19.5. The molecule has 1 aromatic heterocycles. The van der Waals surface area contributed by atoms with Crippen molar-refractivity contribution in [2.45, 2.75) is 52.1 Å². The minimum absolute atomic E-state index is 0.0762. The van der Waals surface area contributed by atoms with E-state index >= 15 is 0 Å². The quantitative estimate of drug-likeness (QED) is 0.436. The van der Waals surface area contributed by atoms with E-state index in [2.05, 4.69) is 45.4 Å². The molecule has 0 spiro atoms.